The molecule has 2 aromatic carbocycles. The molecular formula is C20H22N2O5S. The minimum atomic E-state index is -3.76. The Morgan fingerprint density at radius 2 is 1.96 bits per heavy atom. The van der Waals surface area contributed by atoms with E-state index in [1.54, 1.807) is 35.2 Å². The highest BCUT2D eigenvalue weighted by atomic mass is 32.2. The molecule has 0 unspecified atom stereocenters. The molecule has 0 radical (unpaired) electrons. The van der Waals surface area contributed by atoms with Crippen molar-refractivity contribution in [2.75, 3.05) is 29.4 Å². The second kappa shape index (κ2) is 7.35. The van der Waals surface area contributed by atoms with Crippen LogP contribution in [0.25, 0.3) is 0 Å². The monoisotopic (exact) mass is 402 g/mol. The summed E-state index contributed by atoms with van der Waals surface area (Å²) in [5.41, 5.74) is 0.988. The number of ether oxygens (including phenoxy) is 2. The lowest BCUT2D eigenvalue weighted by Gasteiger charge is -2.30. The van der Waals surface area contributed by atoms with Crippen molar-refractivity contribution in [3.63, 3.8) is 0 Å². The summed E-state index contributed by atoms with van der Waals surface area (Å²) in [6, 6.07) is 11.2. The summed E-state index contributed by atoms with van der Waals surface area (Å²) in [7, 11) is -3.76. The topological polar surface area (TPSA) is 84.9 Å². The van der Waals surface area contributed by atoms with Crippen molar-refractivity contribution in [1.29, 1.82) is 0 Å². The summed E-state index contributed by atoms with van der Waals surface area (Å²) in [4.78, 5) is 14.4. The molecule has 0 spiro atoms. The van der Waals surface area contributed by atoms with E-state index in [2.05, 4.69) is 4.72 Å². The average Bonchev–Trinajstić information content (AvgIpc) is 3.53. The number of benzene rings is 2. The molecule has 0 bridgehead atoms. The second-order valence-corrected chi connectivity index (χ2v) is 8.49. The number of rotatable bonds is 6. The third-order valence-electron chi connectivity index (χ3n) is 4.71. The quantitative estimate of drug-likeness (QED) is 0.803. The number of nitrogens with one attached hydrogen (secondary N) is 1. The molecule has 28 heavy (non-hydrogen) atoms. The van der Waals surface area contributed by atoms with Gasteiger partial charge in [-0.3, -0.25) is 9.52 Å². The summed E-state index contributed by atoms with van der Waals surface area (Å²) >= 11 is 0. The first-order valence-corrected chi connectivity index (χ1v) is 10.8. The number of carbonyl (C=O) groups excluding carboxylic acids is 1. The van der Waals surface area contributed by atoms with Gasteiger partial charge in [0.05, 0.1) is 29.4 Å². The zero-order valence-electron chi connectivity index (χ0n) is 15.6. The molecule has 8 heteroatoms. The van der Waals surface area contributed by atoms with Crippen LogP contribution in [0.2, 0.25) is 0 Å². The first kappa shape index (κ1) is 18.6. The van der Waals surface area contributed by atoms with E-state index >= 15 is 0 Å². The molecule has 1 heterocycles. The van der Waals surface area contributed by atoms with E-state index in [0.29, 0.717) is 42.6 Å². The van der Waals surface area contributed by atoms with E-state index in [4.69, 9.17) is 9.47 Å². The van der Waals surface area contributed by atoms with Gasteiger partial charge in [0.25, 0.3) is 10.0 Å². The van der Waals surface area contributed by atoms with E-state index < -0.39 is 10.0 Å². The molecule has 1 amide bonds. The van der Waals surface area contributed by atoms with Gasteiger partial charge in [-0.15, -0.1) is 0 Å². The van der Waals surface area contributed by atoms with Crippen molar-refractivity contribution in [3.05, 3.63) is 42.5 Å². The first-order chi connectivity index (χ1) is 13.5. The van der Waals surface area contributed by atoms with Crippen LogP contribution < -0.4 is 19.1 Å². The summed E-state index contributed by atoms with van der Waals surface area (Å²) in [6.45, 7) is 3.28. The molecule has 1 saturated carbocycles. The predicted octanol–water partition coefficient (Wildman–Crippen LogP) is 3.02. The van der Waals surface area contributed by atoms with Crippen LogP contribution in [0.3, 0.4) is 0 Å². The van der Waals surface area contributed by atoms with Gasteiger partial charge in [0.2, 0.25) is 5.91 Å². The van der Waals surface area contributed by atoms with Crippen LogP contribution in [0.4, 0.5) is 11.4 Å². The maximum atomic E-state index is 12.7. The maximum absolute atomic E-state index is 12.7. The molecule has 7 nitrogen and oxygen atoms in total. The third kappa shape index (κ3) is 3.77. The zero-order valence-corrected chi connectivity index (χ0v) is 16.4. The largest absolute Gasteiger partial charge is 0.494 e. The van der Waals surface area contributed by atoms with Gasteiger partial charge in [-0.2, -0.15) is 0 Å². The van der Waals surface area contributed by atoms with Crippen LogP contribution in [-0.4, -0.2) is 34.1 Å². The molecule has 1 aliphatic heterocycles. The van der Waals surface area contributed by atoms with Crippen LogP contribution in [0, 0.1) is 5.92 Å². The highest BCUT2D eigenvalue weighted by Gasteiger charge is 2.36. The Bertz CT molecular complexity index is 984. The summed E-state index contributed by atoms with van der Waals surface area (Å²) in [5.74, 6) is 1.36. The molecule has 0 aromatic heterocycles. The Hall–Kier alpha value is -2.74. The van der Waals surface area contributed by atoms with Gasteiger partial charge in [0, 0.05) is 5.92 Å². The number of amides is 1. The third-order valence-corrected chi connectivity index (χ3v) is 6.11. The average molecular weight is 402 g/mol. The molecule has 0 saturated heterocycles. The van der Waals surface area contributed by atoms with Gasteiger partial charge in [-0.05, 0) is 62.2 Å². The zero-order chi connectivity index (χ0) is 19.7. The molecule has 1 fully saturated rings. The van der Waals surface area contributed by atoms with Crippen molar-refractivity contribution in [2.45, 2.75) is 24.7 Å². The predicted molar refractivity (Wildman–Crippen MR) is 105 cm³/mol. The first-order valence-electron chi connectivity index (χ1n) is 9.32. The van der Waals surface area contributed by atoms with E-state index in [0.717, 1.165) is 12.8 Å². The SMILES string of the molecule is CCOc1ccc(S(=O)(=O)Nc2ccc3c(c2)N(C(=O)C2CC2)CCO3)cc1. The van der Waals surface area contributed by atoms with Crippen LogP contribution in [-0.2, 0) is 14.8 Å². The Kier molecular flexibility index (Phi) is 4.89. The summed E-state index contributed by atoms with van der Waals surface area (Å²) < 4.78 is 39.0. The molecule has 0 atom stereocenters. The number of hydrogen-bond donors (Lipinski definition) is 1. The highest BCUT2D eigenvalue weighted by Crippen LogP contribution is 2.39. The molecule has 1 N–H and O–H groups in total. The molecule has 148 valence electrons. The lowest BCUT2D eigenvalue weighted by molar-refractivity contribution is -0.120. The fourth-order valence-electron chi connectivity index (χ4n) is 3.16. The second-order valence-electron chi connectivity index (χ2n) is 6.81. The van der Waals surface area contributed by atoms with E-state index in [1.165, 1.54) is 12.1 Å². The molecule has 1 aliphatic carbocycles. The number of sulfonamides is 1. The highest BCUT2D eigenvalue weighted by molar-refractivity contribution is 7.92. The Labute approximate surface area is 164 Å². The minimum Gasteiger partial charge on any atom is -0.494 e. The van der Waals surface area contributed by atoms with Crippen LogP contribution in [0.5, 0.6) is 11.5 Å². The van der Waals surface area contributed by atoms with Gasteiger partial charge in [0.1, 0.15) is 18.1 Å². The number of nitrogens with zero attached hydrogens (tertiary/aromatic N) is 1. The van der Waals surface area contributed by atoms with E-state index in [1.807, 2.05) is 6.92 Å². The van der Waals surface area contributed by atoms with Crippen molar-refractivity contribution < 1.29 is 22.7 Å². The van der Waals surface area contributed by atoms with Crippen molar-refractivity contribution >= 4 is 27.3 Å². The number of fused-ring (bicyclic) bond motifs is 1. The number of hydrogen-bond acceptors (Lipinski definition) is 5. The summed E-state index contributed by atoms with van der Waals surface area (Å²) in [5, 5.41) is 0. The molecule has 4 rings (SSSR count). The Balaban J connectivity index is 1.57. The van der Waals surface area contributed by atoms with Gasteiger partial charge in [-0.25, -0.2) is 8.42 Å². The fraction of sp³-hybridized carbons (Fsp3) is 0.350. The maximum Gasteiger partial charge on any atom is 0.261 e. The van der Waals surface area contributed by atoms with Crippen LogP contribution in [0.1, 0.15) is 19.8 Å². The molecule has 2 aromatic rings. The van der Waals surface area contributed by atoms with Crippen LogP contribution in [0.15, 0.2) is 47.4 Å². The normalized spacial score (nSPS) is 16.1. The van der Waals surface area contributed by atoms with Crippen molar-refractivity contribution in [3.8, 4) is 11.5 Å². The van der Waals surface area contributed by atoms with Gasteiger partial charge in [-0.1, -0.05) is 0 Å². The van der Waals surface area contributed by atoms with Gasteiger partial charge >= 0.3 is 0 Å². The summed E-state index contributed by atoms with van der Waals surface area (Å²) in [6.07, 6.45) is 1.82. The van der Waals surface area contributed by atoms with Gasteiger partial charge in [0.15, 0.2) is 0 Å². The van der Waals surface area contributed by atoms with E-state index in [9.17, 15) is 13.2 Å². The fourth-order valence-corrected chi connectivity index (χ4v) is 4.21. The Morgan fingerprint density at radius 1 is 1.21 bits per heavy atom. The molecule has 2 aliphatic rings. The standard InChI is InChI=1S/C20H22N2O5S/c1-2-26-16-6-8-17(9-7-16)28(24,25)21-15-5-10-19-18(13-15)22(11-12-27-19)20(23)14-3-4-14/h5-10,13-14,21H,2-4,11-12H2,1H3. The van der Waals surface area contributed by atoms with Crippen LogP contribution >= 0.6 is 0 Å². The number of carbonyl (C=O) groups is 1. The smallest absolute Gasteiger partial charge is 0.261 e. The lowest BCUT2D eigenvalue weighted by Crippen LogP contribution is -2.38. The lowest BCUT2D eigenvalue weighted by atomic mass is 10.2. The Morgan fingerprint density at radius 3 is 2.64 bits per heavy atom. The minimum absolute atomic E-state index is 0.0788. The van der Waals surface area contributed by atoms with E-state index in [-0.39, 0.29) is 16.7 Å². The van der Waals surface area contributed by atoms with Crippen molar-refractivity contribution in [2.24, 2.45) is 5.92 Å². The van der Waals surface area contributed by atoms with Crippen molar-refractivity contribution in [1.82, 2.24) is 0 Å². The van der Waals surface area contributed by atoms with Gasteiger partial charge < -0.3 is 14.4 Å². The number of anilines is 2. The molecular weight excluding hydrogens is 380 g/mol.